The van der Waals surface area contributed by atoms with Crippen molar-refractivity contribution in [2.45, 2.75) is 85.3 Å². The van der Waals surface area contributed by atoms with E-state index in [1.807, 2.05) is 67.3 Å². The topological polar surface area (TPSA) is 97.0 Å². The highest BCUT2D eigenvalue weighted by atomic mass is 16.6. The lowest BCUT2D eigenvalue weighted by atomic mass is 9.65. The van der Waals surface area contributed by atoms with E-state index in [1.54, 1.807) is 27.7 Å². The van der Waals surface area contributed by atoms with Crippen LogP contribution in [0.5, 0.6) is 5.75 Å². The van der Waals surface area contributed by atoms with Gasteiger partial charge in [0.15, 0.2) is 0 Å². The third-order valence-corrected chi connectivity index (χ3v) is 7.81. The van der Waals surface area contributed by atoms with Crippen LogP contribution in [-0.4, -0.2) is 42.2 Å². The highest BCUT2D eigenvalue weighted by Gasteiger charge is 2.47. The van der Waals surface area contributed by atoms with Crippen LogP contribution in [0.1, 0.15) is 87.5 Å². The van der Waals surface area contributed by atoms with Crippen LogP contribution in [0.15, 0.2) is 60.7 Å². The van der Waals surface area contributed by atoms with Gasteiger partial charge in [0.1, 0.15) is 18.0 Å². The molecule has 1 heterocycles. The van der Waals surface area contributed by atoms with Gasteiger partial charge in [0.05, 0.1) is 17.9 Å². The molecule has 0 radical (unpaired) electrons. The van der Waals surface area contributed by atoms with E-state index in [-0.39, 0.29) is 25.0 Å². The molecular formula is C36H45N3O5. The summed E-state index contributed by atoms with van der Waals surface area (Å²) >= 11 is 0. The molecule has 3 aromatic rings. The number of nitrogens with zero attached hydrogens (tertiary/aromatic N) is 1. The standard InChI is InChI=1S/C36H45N3O5/c1-23-17-24(2)19-26(18-23)32(41)38-29-20-28-30(21-31(29)43-16-15-37-33(42)44-34(4,5)6)39(25(3)40)35(7,8)22-36(28,9)27-13-11-10-12-14-27/h10-14,17-21H,15-16,22H2,1-9H3,(H,37,42)(H,38,41). The van der Waals surface area contributed by atoms with Crippen molar-refractivity contribution in [2.75, 3.05) is 23.4 Å². The molecule has 1 unspecified atom stereocenters. The summed E-state index contributed by atoms with van der Waals surface area (Å²) in [6.07, 6.45) is 0.124. The number of carbonyl (C=O) groups excluding carboxylic acids is 3. The van der Waals surface area contributed by atoms with Crippen molar-refractivity contribution in [3.8, 4) is 5.75 Å². The minimum Gasteiger partial charge on any atom is -0.489 e. The fourth-order valence-electron chi connectivity index (χ4n) is 6.37. The van der Waals surface area contributed by atoms with Crippen molar-refractivity contribution in [3.63, 3.8) is 0 Å². The fourth-order valence-corrected chi connectivity index (χ4v) is 6.37. The summed E-state index contributed by atoms with van der Waals surface area (Å²) in [5, 5.41) is 5.79. The van der Waals surface area contributed by atoms with Crippen LogP contribution in [0.3, 0.4) is 0 Å². The number of nitrogens with one attached hydrogen (secondary N) is 2. The molecule has 0 fully saturated rings. The summed E-state index contributed by atoms with van der Waals surface area (Å²) < 4.78 is 11.5. The third kappa shape index (κ3) is 7.24. The number of benzene rings is 3. The molecule has 0 saturated carbocycles. The number of aryl methyl sites for hydroxylation is 2. The first-order chi connectivity index (χ1) is 20.5. The summed E-state index contributed by atoms with van der Waals surface area (Å²) in [4.78, 5) is 40.7. The van der Waals surface area contributed by atoms with Crippen LogP contribution in [0.25, 0.3) is 0 Å². The van der Waals surface area contributed by atoms with E-state index in [2.05, 4.69) is 43.5 Å². The molecule has 0 bridgehead atoms. The number of alkyl carbamates (subject to hydrolysis) is 1. The Labute approximate surface area is 261 Å². The average Bonchev–Trinajstić information content (AvgIpc) is 2.90. The second kappa shape index (κ2) is 12.3. The molecule has 0 spiro atoms. The summed E-state index contributed by atoms with van der Waals surface area (Å²) in [7, 11) is 0. The first-order valence-electron chi connectivity index (χ1n) is 15.0. The first-order valence-corrected chi connectivity index (χ1v) is 15.0. The molecule has 0 aromatic heterocycles. The van der Waals surface area contributed by atoms with Gasteiger partial charge in [-0.05, 0) is 84.2 Å². The highest BCUT2D eigenvalue weighted by Crippen LogP contribution is 2.53. The average molecular weight is 600 g/mol. The predicted molar refractivity (Wildman–Crippen MR) is 175 cm³/mol. The molecule has 3 aromatic carbocycles. The van der Waals surface area contributed by atoms with Crippen molar-refractivity contribution in [1.29, 1.82) is 0 Å². The van der Waals surface area contributed by atoms with Gasteiger partial charge in [0.2, 0.25) is 5.91 Å². The number of anilines is 2. The SMILES string of the molecule is CC(=O)N1c2cc(OCCNC(=O)OC(C)(C)C)c(NC(=O)c3cc(C)cc(C)c3)cc2C(C)(c2ccccc2)CC1(C)C. The number of hydrogen-bond donors (Lipinski definition) is 2. The van der Waals surface area contributed by atoms with E-state index in [9.17, 15) is 14.4 Å². The minimum absolute atomic E-state index is 0.0871. The van der Waals surface area contributed by atoms with Gasteiger partial charge in [-0.25, -0.2) is 4.79 Å². The number of amides is 3. The van der Waals surface area contributed by atoms with E-state index in [0.29, 0.717) is 23.4 Å². The van der Waals surface area contributed by atoms with Crippen molar-refractivity contribution < 1.29 is 23.9 Å². The summed E-state index contributed by atoms with van der Waals surface area (Å²) in [6.45, 7) is 17.5. The number of fused-ring (bicyclic) bond motifs is 1. The molecule has 44 heavy (non-hydrogen) atoms. The molecule has 1 atom stereocenters. The van der Waals surface area contributed by atoms with Gasteiger partial charge in [-0.2, -0.15) is 0 Å². The molecule has 0 saturated heterocycles. The maximum atomic E-state index is 13.6. The van der Waals surface area contributed by atoms with E-state index >= 15 is 0 Å². The van der Waals surface area contributed by atoms with Crippen molar-refractivity contribution in [3.05, 3.63) is 88.5 Å². The van der Waals surface area contributed by atoms with Crippen LogP contribution in [0, 0.1) is 13.8 Å². The van der Waals surface area contributed by atoms with Gasteiger partial charge in [0, 0.05) is 29.5 Å². The molecule has 1 aliphatic rings. The van der Waals surface area contributed by atoms with Gasteiger partial charge in [-0.1, -0.05) is 54.4 Å². The monoisotopic (exact) mass is 599 g/mol. The maximum absolute atomic E-state index is 13.6. The Morgan fingerprint density at radius 3 is 2.16 bits per heavy atom. The third-order valence-electron chi connectivity index (χ3n) is 7.81. The van der Waals surface area contributed by atoms with E-state index < -0.39 is 22.6 Å². The molecule has 0 aliphatic carbocycles. The van der Waals surface area contributed by atoms with Crippen LogP contribution in [0.4, 0.5) is 16.2 Å². The Hall–Kier alpha value is -4.33. The number of rotatable bonds is 7. The Morgan fingerprint density at radius 2 is 1.57 bits per heavy atom. The Bertz CT molecular complexity index is 1540. The molecular weight excluding hydrogens is 554 g/mol. The Kier molecular flexibility index (Phi) is 9.14. The Balaban J connectivity index is 1.80. The van der Waals surface area contributed by atoms with Gasteiger partial charge in [-0.3, -0.25) is 9.59 Å². The summed E-state index contributed by atoms with van der Waals surface area (Å²) in [5.74, 6) is 0.0391. The van der Waals surface area contributed by atoms with Crippen LogP contribution >= 0.6 is 0 Å². The lowest BCUT2D eigenvalue weighted by molar-refractivity contribution is -0.117. The van der Waals surface area contributed by atoms with Gasteiger partial charge >= 0.3 is 6.09 Å². The van der Waals surface area contributed by atoms with Gasteiger partial charge in [0.25, 0.3) is 5.91 Å². The molecule has 3 amide bonds. The molecule has 1 aliphatic heterocycles. The second-order valence-corrected chi connectivity index (χ2v) is 13.5. The maximum Gasteiger partial charge on any atom is 0.407 e. The molecule has 234 valence electrons. The van der Waals surface area contributed by atoms with E-state index in [0.717, 1.165) is 27.9 Å². The lowest BCUT2D eigenvalue weighted by Gasteiger charge is -2.51. The van der Waals surface area contributed by atoms with Crippen LogP contribution in [-0.2, 0) is 14.9 Å². The zero-order valence-electron chi connectivity index (χ0n) is 27.4. The summed E-state index contributed by atoms with van der Waals surface area (Å²) in [5.41, 5.74) is 4.13. The lowest BCUT2D eigenvalue weighted by Crippen LogP contribution is -2.55. The minimum atomic E-state index is -0.622. The van der Waals surface area contributed by atoms with Crippen molar-refractivity contribution >= 4 is 29.3 Å². The van der Waals surface area contributed by atoms with Crippen LogP contribution < -0.4 is 20.3 Å². The zero-order valence-corrected chi connectivity index (χ0v) is 27.4. The van der Waals surface area contributed by atoms with Crippen LogP contribution in [0.2, 0.25) is 0 Å². The van der Waals surface area contributed by atoms with Crippen molar-refractivity contribution in [2.24, 2.45) is 0 Å². The normalized spacial score (nSPS) is 17.3. The smallest absolute Gasteiger partial charge is 0.407 e. The quantitative estimate of drug-likeness (QED) is 0.278. The van der Waals surface area contributed by atoms with E-state index in [1.165, 1.54) is 0 Å². The molecule has 4 rings (SSSR count). The first kappa shape index (κ1) is 32.6. The largest absolute Gasteiger partial charge is 0.489 e. The molecule has 8 heteroatoms. The van der Waals surface area contributed by atoms with E-state index in [4.69, 9.17) is 9.47 Å². The number of hydrogen-bond acceptors (Lipinski definition) is 5. The predicted octanol–water partition coefficient (Wildman–Crippen LogP) is 7.30. The fraction of sp³-hybridized carbons (Fsp3) is 0.417. The second-order valence-electron chi connectivity index (χ2n) is 13.5. The molecule has 2 N–H and O–H groups in total. The van der Waals surface area contributed by atoms with Crippen molar-refractivity contribution in [1.82, 2.24) is 5.32 Å². The Morgan fingerprint density at radius 1 is 0.932 bits per heavy atom. The summed E-state index contributed by atoms with van der Waals surface area (Å²) in [6, 6.07) is 19.7. The zero-order chi connectivity index (χ0) is 32.4. The molecule has 8 nitrogen and oxygen atoms in total. The highest BCUT2D eigenvalue weighted by molar-refractivity contribution is 6.06. The van der Waals surface area contributed by atoms with Gasteiger partial charge < -0.3 is 25.0 Å². The van der Waals surface area contributed by atoms with Gasteiger partial charge in [-0.15, -0.1) is 0 Å². The number of carbonyl (C=O) groups is 3. The number of ether oxygens (including phenoxy) is 2.